The highest BCUT2D eigenvalue weighted by atomic mass is 16.2. The molecule has 1 aliphatic rings. The van der Waals surface area contributed by atoms with Crippen molar-refractivity contribution >= 4 is 11.9 Å². The molecule has 0 aliphatic carbocycles. The number of amides is 3. The normalized spacial score (nSPS) is 21.4. The molecule has 2 aromatic carbocycles. The second-order valence-corrected chi connectivity index (χ2v) is 4.89. The van der Waals surface area contributed by atoms with Gasteiger partial charge < -0.3 is 5.32 Å². The van der Waals surface area contributed by atoms with Crippen LogP contribution in [0.2, 0.25) is 0 Å². The van der Waals surface area contributed by atoms with E-state index in [1.165, 1.54) is 0 Å². The SMILES string of the molecule is Cc1ccc([C@]2(c3ccccc3)NC(=O)NC2=O)cc1. The first-order chi connectivity index (χ1) is 9.63. The van der Waals surface area contributed by atoms with Gasteiger partial charge >= 0.3 is 6.03 Å². The number of hydrogen-bond donors (Lipinski definition) is 2. The van der Waals surface area contributed by atoms with Crippen LogP contribution in [-0.2, 0) is 10.3 Å². The Labute approximate surface area is 116 Å². The van der Waals surface area contributed by atoms with Crippen molar-refractivity contribution in [1.82, 2.24) is 10.6 Å². The predicted octanol–water partition coefficient (Wildman–Crippen LogP) is 2.08. The third-order valence-electron chi connectivity index (χ3n) is 3.56. The van der Waals surface area contributed by atoms with Crippen molar-refractivity contribution in [3.63, 3.8) is 0 Å². The third kappa shape index (κ3) is 1.77. The number of urea groups is 1. The van der Waals surface area contributed by atoms with E-state index in [1.807, 2.05) is 61.5 Å². The van der Waals surface area contributed by atoms with E-state index in [0.29, 0.717) is 0 Å². The van der Waals surface area contributed by atoms with Crippen molar-refractivity contribution in [2.24, 2.45) is 0 Å². The van der Waals surface area contributed by atoms with Gasteiger partial charge in [-0.1, -0.05) is 60.2 Å². The van der Waals surface area contributed by atoms with E-state index in [4.69, 9.17) is 0 Å². The summed E-state index contributed by atoms with van der Waals surface area (Å²) in [5.41, 5.74) is 1.44. The highest BCUT2D eigenvalue weighted by Gasteiger charge is 2.48. The molecule has 20 heavy (non-hydrogen) atoms. The van der Waals surface area contributed by atoms with Crippen LogP contribution in [0.5, 0.6) is 0 Å². The summed E-state index contributed by atoms with van der Waals surface area (Å²) in [4.78, 5) is 24.0. The summed E-state index contributed by atoms with van der Waals surface area (Å²) >= 11 is 0. The molecule has 1 saturated heterocycles. The van der Waals surface area contributed by atoms with Crippen molar-refractivity contribution in [2.45, 2.75) is 12.5 Å². The average molecular weight is 266 g/mol. The Kier molecular flexibility index (Phi) is 2.79. The molecule has 0 radical (unpaired) electrons. The Hall–Kier alpha value is -2.62. The Morgan fingerprint density at radius 3 is 2.00 bits per heavy atom. The fourth-order valence-electron chi connectivity index (χ4n) is 2.52. The van der Waals surface area contributed by atoms with Gasteiger partial charge in [-0.2, -0.15) is 0 Å². The van der Waals surface area contributed by atoms with E-state index < -0.39 is 11.6 Å². The van der Waals surface area contributed by atoms with Crippen LogP contribution in [0, 0.1) is 6.92 Å². The summed E-state index contributed by atoms with van der Waals surface area (Å²) in [5.74, 6) is -0.349. The minimum absolute atomic E-state index is 0.349. The van der Waals surface area contributed by atoms with Crippen LogP contribution in [0.3, 0.4) is 0 Å². The number of aryl methyl sites for hydroxylation is 1. The van der Waals surface area contributed by atoms with Gasteiger partial charge in [0.2, 0.25) is 0 Å². The van der Waals surface area contributed by atoms with Gasteiger partial charge in [0.1, 0.15) is 0 Å². The van der Waals surface area contributed by atoms with Gasteiger partial charge in [0.15, 0.2) is 5.54 Å². The van der Waals surface area contributed by atoms with E-state index in [0.717, 1.165) is 16.7 Å². The zero-order chi connectivity index (χ0) is 14.2. The summed E-state index contributed by atoms with van der Waals surface area (Å²) in [5, 5.41) is 5.10. The lowest BCUT2D eigenvalue weighted by Crippen LogP contribution is -2.44. The molecule has 3 rings (SSSR count). The van der Waals surface area contributed by atoms with E-state index in [-0.39, 0.29) is 5.91 Å². The van der Waals surface area contributed by atoms with E-state index in [9.17, 15) is 9.59 Å². The van der Waals surface area contributed by atoms with Gasteiger partial charge in [-0.25, -0.2) is 4.79 Å². The molecule has 0 aromatic heterocycles. The molecule has 4 nitrogen and oxygen atoms in total. The van der Waals surface area contributed by atoms with E-state index in [1.54, 1.807) is 0 Å². The highest BCUT2D eigenvalue weighted by molar-refractivity contribution is 6.09. The Morgan fingerprint density at radius 2 is 1.45 bits per heavy atom. The van der Waals surface area contributed by atoms with Crippen molar-refractivity contribution in [2.75, 3.05) is 0 Å². The van der Waals surface area contributed by atoms with Crippen LogP contribution >= 0.6 is 0 Å². The second-order valence-electron chi connectivity index (χ2n) is 4.89. The number of imide groups is 1. The summed E-state index contributed by atoms with van der Waals surface area (Å²) in [6, 6.07) is 16.4. The van der Waals surface area contributed by atoms with Gasteiger partial charge in [-0.15, -0.1) is 0 Å². The smallest absolute Gasteiger partial charge is 0.316 e. The quantitative estimate of drug-likeness (QED) is 0.818. The van der Waals surface area contributed by atoms with Gasteiger partial charge in [-0.05, 0) is 18.1 Å². The second kappa shape index (κ2) is 4.49. The minimum Gasteiger partial charge on any atom is -0.316 e. The Balaban J connectivity index is 2.21. The van der Waals surface area contributed by atoms with Gasteiger partial charge in [0.05, 0.1) is 0 Å². The highest BCUT2D eigenvalue weighted by Crippen LogP contribution is 2.32. The number of carbonyl (C=O) groups excluding carboxylic acids is 2. The molecule has 0 saturated carbocycles. The topological polar surface area (TPSA) is 58.2 Å². The molecule has 1 heterocycles. The largest absolute Gasteiger partial charge is 0.322 e. The number of nitrogens with one attached hydrogen (secondary N) is 2. The van der Waals surface area contributed by atoms with Gasteiger partial charge in [0.25, 0.3) is 5.91 Å². The molecule has 2 N–H and O–H groups in total. The number of carbonyl (C=O) groups is 2. The molecule has 1 atom stereocenters. The summed E-state index contributed by atoms with van der Waals surface area (Å²) in [6.07, 6.45) is 0. The molecule has 0 unspecified atom stereocenters. The molecular weight excluding hydrogens is 252 g/mol. The van der Waals surface area contributed by atoms with Gasteiger partial charge in [0, 0.05) is 0 Å². The molecule has 1 fully saturated rings. The molecule has 2 aromatic rings. The van der Waals surface area contributed by atoms with Gasteiger partial charge in [-0.3, -0.25) is 10.1 Å². The van der Waals surface area contributed by atoms with Crippen molar-refractivity contribution < 1.29 is 9.59 Å². The van der Waals surface area contributed by atoms with Crippen molar-refractivity contribution in [3.05, 3.63) is 71.3 Å². The van der Waals surface area contributed by atoms with Crippen LogP contribution in [-0.4, -0.2) is 11.9 Å². The zero-order valence-electron chi connectivity index (χ0n) is 11.0. The van der Waals surface area contributed by atoms with E-state index >= 15 is 0 Å². The van der Waals surface area contributed by atoms with Crippen LogP contribution in [0.25, 0.3) is 0 Å². The summed E-state index contributed by atoms with van der Waals surface area (Å²) < 4.78 is 0. The average Bonchev–Trinajstić information content (AvgIpc) is 2.76. The van der Waals surface area contributed by atoms with Crippen LogP contribution in [0.4, 0.5) is 4.79 Å². The first-order valence-corrected chi connectivity index (χ1v) is 6.39. The predicted molar refractivity (Wildman–Crippen MR) is 75.1 cm³/mol. The Bertz CT molecular complexity index is 665. The monoisotopic (exact) mass is 266 g/mol. The zero-order valence-corrected chi connectivity index (χ0v) is 11.0. The molecular formula is C16H14N2O2. The summed E-state index contributed by atoms with van der Waals surface area (Å²) in [6.45, 7) is 1.98. The third-order valence-corrected chi connectivity index (χ3v) is 3.56. The molecule has 0 bridgehead atoms. The lowest BCUT2D eigenvalue weighted by Gasteiger charge is -2.27. The molecule has 1 aliphatic heterocycles. The lowest BCUT2D eigenvalue weighted by molar-refractivity contribution is -0.122. The standard InChI is InChI=1S/C16H14N2O2/c1-11-7-9-13(10-8-11)16(12-5-3-2-4-6-12)14(19)17-15(20)18-16/h2-10H,1H3,(H2,17,18,19,20)/t16-/m0/s1. The Morgan fingerprint density at radius 1 is 0.850 bits per heavy atom. The molecule has 3 amide bonds. The van der Waals surface area contributed by atoms with Crippen LogP contribution < -0.4 is 10.6 Å². The maximum absolute atomic E-state index is 12.4. The maximum atomic E-state index is 12.4. The van der Waals surface area contributed by atoms with Crippen LogP contribution in [0.1, 0.15) is 16.7 Å². The van der Waals surface area contributed by atoms with Crippen molar-refractivity contribution in [3.8, 4) is 0 Å². The number of hydrogen-bond acceptors (Lipinski definition) is 2. The number of benzene rings is 2. The summed E-state index contributed by atoms with van der Waals surface area (Å²) in [7, 11) is 0. The molecule has 100 valence electrons. The van der Waals surface area contributed by atoms with Crippen LogP contribution in [0.15, 0.2) is 54.6 Å². The maximum Gasteiger partial charge on any atom is 0.322 e. The molecule has 4 heteroatoms. The molecule has 0 spiro atoms. The number of rotatable bonds is 2. The first kappa shape index (κ1) is 12.4. The first-order valence-electron chi connectivity index (χ1n) is 6.39. The fourth-order valence-corrected chi connectivity index (χ4v) is 2.52. The van der Waals surface area contributed by atoms with E-state index in [2.05, 4.69) is 10.6 Å². The van der Waals surface area contributed by atoms with Crippen molar-refractivity contribution in [1.29, 1.82) is 0 Å². The minimum atomic E-state index is -1.15. The fraction of sp³-hybridized carbons (Fsp3) is 0.125. The lowest BCUT2D eigenvalue weighted by atomic mass is 9.82.